The highest BCUT2D eigenvalue weighted by molar-refractivity contribution is 5.79. The van der Waals surface area contributed by atoms with Gasteiger partial charge in [-0.1, -0.05) is 37.3 Å². The second kappa shape index (κ2) is 8.79. The molecular formula is C18H30N4. The van der Waals surface area contributed by atoms with Gasteiger partial charge in [0.1, 0.15) is 0 Å². The second-order valence-corrected chi connectivity index (χ2v) is 6.17. The monoisotopic (exact) mass is 302 g/mol. The number of guanidine groups is 1. The van der Waals surface area contributed by atoms with Crippen molar-refractivity contribution in [1.29, 1.82) is 0 Å². The molecule has 122 valence electrons. The van der Waals surface area contributed by atoms with Crippen molar-refractivity contribution in [3.8, 4) is 0 Å². The summed E-state index contributed by atoms with van der Waals surface area (Å²) in [7, 11) is 3.96. The summed E-state index contributed by atoms with van der Waals surface area (Å²) in [4.78, 5) is 9.16. The molecule has 1 N–H and O–H groups in total. The van der Waals surface area contributed by atoms with Crippen molar-refractivity contribution in [1.82, 2.24) is 15.1 Å². The lowest BCUT2D eigenvalue weighted by molar-refractivity contribution is 0.183. The quantitative estimate of drug-likeness (QED) is 0.669. The van der Waals surface area contributed by atoms with Crippen molar-refractivity contribution < 1.29 is 0 Å². The first-order valence-electron chi connectivity index (χ1n) is 8.41. The summed E-state index contributed by atoms with van der Waals surface area (Å²) in [6, 6.07) is 10.5. The van der Waals surface area contributed by atoms with Crippen molar-refractivity contribution >= 4 is 5.96 Å². The molecule has 0 amide bonds. The molecule has 0 radical (unpaired) electrons. The third-order valence-electron chi connectivity index (χ3n) is 4.44. The van der Waals surface area contributed by atoms with E-state index < -0.39 is 0 Å². The number of likely N-dealkylation sites (tertiary alicyclic amines) is 1. The molecule has 22 heavy (non-hydrogen) atoms. The van der Waals surface area contributed by atoms with Gasteiger partial charge in [-0.15, -0.1) is 0 Å². The first-order valence-corrected chi connectivity index (χ1v) is 8.41. The Kier molecular flexibility index (Phi) is 6.72. The maximum absolute atomic E-state index is 4.43. The van der Waals surface area contributed by atoms with Gasteiger partial charge in [0.25, 0.3) is 0 Å². The molecule has 1 fully saturated rings. The summed E-state index contributed by atoms with van der Waals surface area (Å²) in [5.41, 5.74) is 1.31. The number of benzene rings is 1. The standard InChI is InChI=1S/C18H30N4/c1-4-22-12-8-11-17(15-22)13-20-18(19-2)21(3)14-16-9-6-5-7-10-16/h5-7,9-10,17H,4,8,11-15H2,1-3H3,(H,19,20). The summed E-state index contributed by atoms with van der Waals surface area (Å²) in [6.45, 7) is 7.79. The summed E-state index contributed by atoms with van der Waals surface area (Å²) in [5.74, 6) is 1.72. The van der Waals surface area contributed by atoms with E-state index in [1.165, 1.54) is 38.0 Å². The van der Waals surface area contributed by atoms with Gasteiger partial charge < -0.3 is 15.1 Å². The minimum Gasteiger partial charge on any atom is -0.356 e. The van der Waals surface area contributed by atoms with Crippen LogP contribution in [0.1, 0.15) is 25.3 Å². The third kappa shape index (κ3) is 5.02. The molecule has 1 aromatic carbocycles. The normalized spacial score (nSPS) is 20.0. The van der Waals surface area contributed by atoms with E-state index in [0.29, 0.717) is 0 Å². The largest absolute Gasteiger partial charge is 0.356 e. The van der Waals surface area contributed by atoms with Crippen LogP contribution in [0.4, 0.5) is 0 Å². The Hall–Kier alpha value is -1.55. The van der Waals surface area contributed by atoms with Crippen LogP contribution in [0, 0.1) is 5.92 Å². The van der Waals surface area contributed by atoms with Crippen LogP contribution >= 0.6 is 0 Å². The molecule has 4 heteroatoms. The first-order chi connectivity index (χ1) is 10.7. The van der Waals surface area contributed by atoms with Crippen molar-refractivity contribution in [2.24, 2.45) is 10.9 Å². The zero-order chi connectivity index (χ0) is 15.8. The van der Waals surface area contributed by atoms with Gasteiger partial charge >= 0.3 is 0 Å². The number of hydrogen-bond acceptors (Lipinski definition) is 2. The minimum atomic E-state index is 0.732. The second-order valence-electron chi connectivity index (χ2n) is 6.17. The Morgan fingerprint density at radius 1 is 1.36 bits per heavy atom. The zero-order valence-corrected chi connectivity index (χ0v) is 14.3. The lowest BCUT2D eigenvalue weighted by Gasteiger charge is -2.33. The molecule has 1 aliphatic rings. The van der Waals surface area contributed by atoms with Crippen LogP contribution < -0.4 is 5.32 Å². The van der Waals surface area contributed by atoms with E-state index >= 15 is 0 Å². The molecule has 2 rings (SSSR count). The van der Waals surface area contributed by atoms with Crippen LogP contribution in [0.25, 0.3) is 0 Å². The highest BCUT2D eigenvalue weighted by Crippen LogP contribution is 2.15. The zero-order valence-electron chi connectivity index (χ0n) is 14.3. The molecule has 1 heterocycles. The van der Waals surface area contributed by atoms with Crippen LogP contribution in [-0.4, -0.2) is 56.0 Å². The van der Waals surface area contributed by atoms with Crippen LogP contribution in [0.2, 0.25) is 0 Å². The molecule has 0 bridgehead atoms. The van der Waals surface area contributed by atoms with E-state index in [4.69, 9.17) is 0 Å². The van der Waals surface area contributed by atoms with Crippen LogP contribution in [-0.2, 0) is 6.54 Å². The van der Waals surface area contributed by atoms with Gasteiger partial charge in [-0.25, -0.2) is 0 Å². The highest BCUT2D eigenvalue weighted by atomic mass is 15.3. The Morgan fingerprint density at radius 2 is 2.14 bits per heavy atom. The number of nitrogens with zero attached hydrogens (tertiary/aromatic N) is 3. The summed E-state index contributed by atoms with van der Waals surface area (Å²) < 4.78 is 0. The Balaban J connectivity index is 1.81. The Morgan fingerprint density at radius 3 is 2.82 bits per heavy atom. The van der Waals surface area contributed by atoms with Crippen LogP contribution in [0.5, 0.6) is 0 Å². The molecule has 0 saturated carbocycles. The average Bonchev–Trinajstić information content (AvgIpc) is 2.56. The van der Waals surface area contributed by atoms with E-state index in [-0.39, 0.29) is 0 Å². The van der Waals surface area contributed by atoms with Gasteiger partial charge in [0.2, 0.25) is 0 Å². The molecule has 0 spiro atoms. The van der Waals surface area contributed by atoms with Gasteiger partial charge in [-0.3, -0.25) is 4.99 Å². The van der Waals surface area contributed by atoms with Crippen LogP contribution in [0.3, 0.4) is 0 Å². The van der Waals surface area contributed by atoms with E-state index in [9.17, 15) is 0 Å². The number of aliphatic imine (C=N–C) groups is 1. The van der Waals surface area contributed by atoms with Gasteiger partial charge in [0, 0.05) is 33.7 Å². The maximum Gasteiger partial charge on any atom is 0.193 e. The Labute approximate surface area is 135 Å². The number of rotatable bonds is 5. The predicted octanol–water partition coefficient (Wildman–Crippen LogP) is 2.43. The van der Waals surface area contributed by atoms with Crippen LogP contribution in [0.15, 0.2) is 35.3 Å². The smallest absolute Gasteiger partial charge is 0.193 e. The average molecular weight is 302 g/mol. The number of piperidine rings is 1. The van der Waals surface area contributed by atoms with Crippen molar-refractivity contribution in [2.45, 2.75) is 26.3 Å². The molecule has 1 unspecified atom stereocenters. The van der Waals surface area contributed by atoms with E-state index in [2.05, 4.69) is 64.4 Å². The van der Waals surface area contributed by atoms with E-state index in [0.717, 1.165) is 25.0 Å². The summed E-state index contributed by atoms with van der Waals surface area (Å²) >= 11 is 0. The SMILES string of the molecule is CCN1CCCC(CNC(=NC)N(C)Cc2ccccc2)C1. The molecular weight excluding hydrogens is 272 g/mol. The van der Waals surface area contributed by atoms with E-state index in [1.807, 2.05) is 7.05 Å². The molecule has 4 nitrogen and oxygen atoms in total. The van der Waals surface area contributed by atoms with Gasteiger partial charge in [0.15, 0.2) is 5.96 Å². The molecule has 1 aliphatic heterocycles. The van der Waals surface area contributed by atoms with Crippen molar-refractivity contribution in [3.63, 3.8) is 0 Å². The molecule has 1 aromatic rings. The lowest BCUT2D eigenvalue weighted by Crippen LogP contribution is -2.44. The first kappa shape index (κ1) is 16.8. The molecule has 1 atom stereocenters. The summed E-state index contributed by atoms with van der Waals surface area (Å²) in [5, 5.41) is 3.55. The maximum atomic E-state index is 4.43. The molecule has 0 aliphatic carbocycles. The van der Waals surface area contributed by atoms with Crippen molar-refractivity contribution in [2.75, 3.05) is 40.3 Å². The molecule has 1 saturated heterocycles. The van der Waals surface area contributed by atoms with Gasteiger partial charge in [0.05, 0.1) is 0 Å². The Bertz CT molecular complexity index is 457. The van der Waals surface area contributed by atoms with Gasteiger partial charge in [-0.05, 0) is 37.4 Å². The highest BCUT2D eigenvalue weighted by Gasteiger charge is 2.19. The number of hydrogen-bond donors (Lipinski definition) is 1. The van der Waals surface area contributed by atoms with Gasteiger partial charge in [-0.2, -0.15) is 0 Å². The fourth-order valence-electron chi connectivity index (χ4n) is 3.16. The minimum absolute atomic E-state index is 0.732. The third-order valence-corrected chi connectivity index (χ3v) is 4.44. The fourth-order valence-corrected chi connectivity index (χ4v) is 3.16. The van der Waals surface area contributed by atoms with Crippen molar-refractivity contribution in [3.05, 3.63) is 35.9 Å². The lowest BCUT2D eigenvalue weighted by atomic mass is 9.98. The fraction of sp³-hybridized carbons (Fsp3) is 0.611. The van der Waals surface area contributed by atoms with E-state index in [1.54, 1.807) is 0 Å². The predicted molar refractivity (Wildman–Crippen MR) is 94.1 cm³/mol. The summed E-state index contributed by atoms with van der Waals surface area (Å²) in [6.07, 6.45) is 2.64. The number of nitrogens with one attached hydrogen (secondary N) is 1. The molecule has 0 aromatic heterocycles. The topological polar surface area (TPSA) is 30.9 Å².